The largest absolute Gasteiger partial charge is 0.465 e. The summed E-state index contributed by atoms with van der Waals surface area (Å²) in [5, 5.41) is -0.472. The molecule has 0 bridgehead atoms. The third-order valence-electron chi connectivity index (χ3n) is 1.88. The summed E-state index contributed by atoms with van der Waals surface area (Å²) in [6.45, 7) is 0. The summed E-state index contributed by atoms with van der Waals surface area (Å²) in [6.07, 6.45) is 0. The van der Waals surface area contributed by atoms with Crippen LogP contribution in [0.15, 0.2) is 12.1 Å². The lowest BCUT2D eigenvalue weighted by Crippen LogP contribution is -2.17. The van der Waals surface area contributed by atoms with E-state index in [0.717, 1.165) is 12.1 Å². The first-order valence-electron chi connectivity index (χ1n) is 4.10. The number of nitrogen functional groups attached to an aromatic ring is 2. The van der Waals surface area contributed by atoms with E-state index in [0.29, 0.717) is 0 Å². The minimum atomic E-state index is -4.55. The standard InChI is InChI=1S/C8H11N2O5P/c1-15-8(11)4-2-5(9)7(6(10)3-4)16(12,13)14/h2-3H,9-10H2,1H3,(H2,12,13,14). The van der Waals surface area contributed by atoms with Crippen molar-refractivity contribution in [3.8, 4) is 0 Å². The summed E-state index contributed by atoms with van der Waals surface area (Å²) in [6, 6.07) is 2.22. The van der Waals surface area contributed by atoms with Gasteiger partial charge in [0, 0.05) is 11.4 Å². The number of rotatable bonds is 2. The zero-order valence-corrected chi connectivity index (χ0v) is 9.27. The Labute approximate surface area is 91.2 Å². The van der Waals surface area contributed by atoms with Gasteiger partial charge in [-0.15, -0.1) is 0 Å². The van der Waals surface area contributed by atoms with Crippen molar-refractivity contribution in [2.45, 2.75) is 0 Å². The fraction of sp³-hybridized carbons (Fsp3) is 0.125. The summed E-state index contributed by atoms with van der Waals surface area (Å²) < 4.78 is 15.5. The van der Waals surface area contributed by atoms with E-state index < -0.39 is 18.9 Å². The van der Waals surface area contributed by atoms with Crippen LogP contribution in [0.2, 0.25) is 0 Å². The average Bonchev–Trinajstić information content (AvgIpc) is 2.13. The average molecular weight is 246 g/mol. The van der Waals surface area contributed by atoms with Gasteiger partial charge in [0.05, 0.1) is 12.7 Å². The molecule has 0 spiro atoms. The molecule has 0 fully saturated rings. The van der Waals surface area contributed by atoms with Gasteiger partial charge in [-0.1, -0.05) is 0 Å². The number of carbonyl (C=O) groups is 1. The Morgan fingerprint density at radius 3 is 2.06 bits per heavy atom. The number of carbonyl (C=O) groups excluding carboxylic acids is 1. The van der Waals surface area contributed by atoms with Crippen LogP contribution in [0.5, 0.6) is 0 Å². The maximum atomic E-state index is 11.2. The highest BCUT2D eigenvalue weighted by molar-refractivity contribution is 7.61. The fourth-order valence-corrected chi connectivity index (χ4v) is 2.05. The highest BCUT2D eigenvalue weighted by Crippen LogP contribution is 2.38. The number of methoxy groups -OCH3 is 1. The number of anilines is 2. The summed E-state index contributed by atoms with van der Waals surface area (Å²) in [5.41, 5.74) is 10.4. The lowest BCUT2D eigenvalue weighted by molar-refractivity contribution is 0.0601. The van der Waals surface area contributed by atoms with Crippen molar-refractivity contribution in [1.29, 1.82) is 0 Å². The predicted molar refractivity (Wildman–Crippen MR) is 58.3 cm³/mol. The van der Waals surface area contributed by atoms with Gasteiger partial charge in [-0.2, -0.15) is 0 Å². The summed E-state index contributed by atoms with van der Waals surface area (Å²) in [4.78, 5) is 29.1. The number of benzene rings is 1. The van der Waals surface area contributed by atoms with Crippen molar-refractivity contribution >= 4 is 30.2 Å². The van der Waals surface area contributed by atoms with E-state index in [4.69, 9.17) is 21.3 Å². The van der Waals surface area contributed by atoms with Crippen LogP contribution in [-0.4, -0.2) is 22.9 Å². The zero-order valence-electron chi connectivity index (χ0n) is 8.38. The van der Waals surface area contributed by atoms with Crippen molar-refractivity contribution < 1.29 is 23.9 Å². The van der Waals surface area contributed by atoms with Crippen LogP contribution in [0.1, 0.15) is 10.4 Å². The van der Waals surface area contributed by atoms with Gasteiger partial charge in [0.15, 0.2) is 0 Å². The molecule has 0 amide bonds. The van der Waals surface area contributed by atoms with Crippen LogP contribution in [0.25, 0.3) is 0 Å². The number of esters is 1. The van der Waals surface area contributed by atoms with Crippen molar-refractivity contribution in [2.75, 3.05) is 18.6 Å². The van der Waals surface area contributed by atoms with Crippen LogP contribution >= 0.6 is 7.60 Å². The number of hydrogen-bond acceptors (Lipinski definition) is 5. The summed E-state index contributed by atoms with van der Waals surface area (Å²) in [7, 11) is -3.38. The molecular weight excluding hydrogens is 235 g/mol. The molecule has 0 aliphatic rings. The van der Waals surface area contributed by atoms with Gasteiger partial charge in [-0.3, -0.25) is 4.57 Å². The van der Waals surface area contributed by atoms with Crippen LogP contribution in [0.3, 0.4) is 0 Å². The third-order valence-corrected chi connectivity index (χ3v) is 2.98. The van der Waals surface area contributed by atoms with Gasteiger partial charge >= 0.3 is 13.6 Å². The molecule has 88 valence electrons. The van der Waals surface area contributed by atoms with Gasteiger partial charge in [-0.25, -0.2) is 4.79 Å². The maximum Gasteiger partial charge on any atom is 0.360 e. The molecule has 0 unspecified atom stereocenters. The van der Waals surface area contributed by atoms with Crippen LogP contribution in [0, 0.1) is 0 Å². The fourth-order valence-electron chi connectivity index (χ4n) is 1.25. The van der Waals surface area contributed by atoms with Gasteiger partial charge < -0.3 is 26.0 Å². The molecule has 0 aromatic heterocycles. The first-order valence-corrected chi connectivity index (χ1v) is 5.72. The van der Waals surface area contributed by atoms with E-state index in [1.807, 2.05) is 0 Å². The van der Waals surface area contributed by atoms with Crippen molar-refractivity contribution in [2.24, 2.45) is 0 Å². The molecule has 6 N–H and O–H groups in total. The van der Waals surface area contributed by atoms with E-state index in [1.165, 1.54) is 7.11 Å². The molecule has 0 saturated heterocycles. The van der Waals surface area contributed by atoms with E-state index in [2.05, 4.69) is 4.74 Å². The number of ether oxygens (including phenoxy) is 1. The molecule has 1 aromatic carbocycles. The van der Waals surface area contributed by atoms with E-state index in [9.17, 15) is 9.36 Å². The Hall–Kier alpha value is -1.56. The Morgan fingerprint density at radius 2 is 1.75 bits per heavy atom. The smallest absolute Gasteiger partial charge is 0.360 e. The monoisotopic (exact) mass is 246 g/mol. The van der Waals surface area contributed by atoms with Crippen molar-refractivity contribution in [1.82, 2.24) is 0 Å². The van der Waals surface area contributed by atoms with Gasteiger partial charge in [-0.05, 0) is 12.1 Å². The zero-order chi connectivity index (χ0) is 12.5. The molecule has 7 nitrogen and oxygen atoms in total. The minimum Gasteiger partial charge on any atom is -0.465 e. The first-order chi connectivity index (χ1) is 7.27. The lowest BCUT2D eigenvalue weighted by Gasteiger charge is -2.12. The van der Waals surface area contributed by atoms with Crippen molar-refractivity contribution in [3.63, 3.8) is 0 Å². The lowest BCUT2D eigenvalue weighted by atomic mass is 10.2. The topological polar surface area (TPSA) is 136 Å². The van der Waals surface area contributed by atoms with Gasteiger partial charge in [0.1, 0.15) is 5.30 Å². The minimum absolute atomic E-state index is 0.0368. The molecule has 0 atom stereocenters. The van der Waals surface area contributed by atoms with Crippen LogP contribution < -0.4 is 16.8 Å². The molecule has 0 saturated carbocycles. The van der Waals surface area contributed by atoms with Crippen LogP contribution in [-0.2, 0) is 9.30 Å². The highest BCUT2D eigenvalue weighted by Gasteiger charge is 2.25. The number of hydrogen-bond donors (Lipinski definition) is 4. The first kappa shape index (κ1) is 12.5. The Bertz CT molecular complexity index is 458. The van der Waals surface area contributed by atoms with E-state index >= 15 is 0 Å². The molecule has 0 aliphatic carbocycles. The van der Waals surface area contributed by atoms with Crippen LogP contribution in [0.4, 0.5) is 11.4 Å². The molecule has 0 heterocycles. The SMILES string of the molecule is COC(=O)c1cc(N)c(P(=O)(O)O)c(N)c1. The summed E-state index contributed by atoms with van der Waals surface area (Å²) in [5.74, 6) is -0.685. The van der Waals surface area contributed by atoms with Gasteiger partial charge in [0.2, 0.25) is 0 Å². The Kier molecular flexibility index (Phi) is 3.23. The molecule has 8 heteroatoms. The highest BCUT2D eigenvalue weighted by atomic mass is 31.2. The second-order valence-corrected chi connectivity index (χ2v) is 4.57. The van der Waals surface area contributed by atoms with Crippen molar-refractivity contribution in [3.05, 3.63) is 17.7 Å². The van der Waals surface area contributed by atoms with Gasteiger partial charge in [0.25, 0.3) is 0 Å². The number of nitrogens with two attached hydrogens (primary N) is 2. The Balaban J connectivity index is 3.40. The second-order valence-electron chi connectivity index (χ2n) is 3.04. The van der Waals surface area contributed by atoms with E-state index in [-0.39, 0.29) is 16.9 Å². The third kappa shape index (κ3) is 2.33. The molecule has 1 rings (SSSR count). The molecule has 0 aliphatic heterocycles. The Morgan fingerprint density at radius 1 is 1.31 bits per heavy atom. The molecular formula is C8H11N2O5P. The molecule has 16 heavy (non-hydrogen) atoms. The molecule has 0 radical (unpaired) electrons. The summed E-state index contributed by atoms with van der Waals surface area (Å²) >= 11 is 0. The predicted octanol–water partition coefficient (Wildman–Crippen LogP) is -0.559. The normalized spacial score (nSPS) is 11.2. The van der Waals surface area contributed by atoms with E-state index in [1.54, 1.807) is 0 Å². The maximum absolute atomic E-state index is 11.2. The second kappa shape index (κ2) is 4.13. The molecule has 1 aromatic rings. The quantitative estimate of drug-likeness (QED) is 0.312.